The van der Waals surface area contributed by atoms with E-state index in [0.29, 0.717) is 5.92 Å². The van der Waals surface area contributed by atoms with Gasteiger partial charge in [0.25, 0.3) is 0 Å². The number of hydrogen-bond acceptors (Lipinski definition) is 0. The quantitative estimate of drug-likeness (QED) is 0.610. The minimum atomic E-state index is 0.111. The average molecular weight is 278 g/mol. The highest BCUT2D eigenvalue weighted by Crippen LogP contribution is 2.53. The number of fused-ring (bicyclic) bond motifs is 1. The van der Waals surface area contributed by atoms with Crippen LogP contribution in [-0.2, 0) is 0 Å². The summed E-state index contributed by atoms with van der Waals surface area (Å²) in [6.45, 7) is 11.8. The standard InChI is InChI=1S/C21H26/c1-20(2,3)18-14-19(17-13-9-8-12-16(17)18)21(4,5)15-10-6-7-11-15/h6-10,12-14,18H,11H2,1-5H3. The fourth-order valence-corrected chi connectivity index (χ4v) is 3.70. The van der Waals surface area contributed by atoms with E-state index in [4.69, 9.17) is 0 Å². The van der Waals surface area contributed by atoms with Gasteiger partial charge in [-0.2, -0.15) is 0 Å². The summed E-state index contributed by atoms with van der Waals surface area (Å²) in [5.41, 5.74) is 6.36. The second kappa shape index (κ2) is 4.73. The zero-order valence-corrected chi connectivity index (χ0v) is 13.9. The Bertz CT molecular complexity index is 645. The van der Waals surface area contributed by atoms with Crippen molar-refractivity contribution in [3.8, 4) is 0 Å². The molecule has 0 bridgehead atoms. The number of allylic oxidation sites excluding steroid dienone is 6. The molecule has 0 heterocycles. The maximum Gasteiger partial charge on any atom is 0.0114 e. The van der Waals surface area contributed by atoms with Crippen LogP contribution >= 0.6 is 0 Å². The van der Waals surface area contributed by atoms with E-state index in [1.54, 1.807) is 0 Å². The van der Waals surface area contributed by atoms with Crippen LogP contribution in [0.5, 0.6) is 0 Å². The molecular formula is C21H26. The molecule has 1 atom stereocenters. The largest absolute Gasteiger partial charge is 0.0804 e. The lowest BCUT2D eigenvalue weighted by Crippen LogP contribution is -2.16. The summed E-state index contributed by atoms with van der Waals surface area (Å²) in [6, 6.07) is 8.97. The molecule has 1 aromatic carbocycles. The van der Waals surface area contributed by atoms with Crippen molar-refractivity contribution in [1.82, 2.24) is 0 Å². The van der Waals surface area contributed by atoms with Gasteiger partial charge in [-0.3, -0.25) is 0 Å². The lowest BCUT2D eigenvalue weighted by atomic mass is 9.74. The molecule has 0 fully saturated rings. The highest BCUT2D eigenvalue weighted by Gasteiger charge is 2.38. The molecule has 1 unspecified atom stereocenters. The Morgan fingerprint density at radius 1 is 1.00 bits per heavy atom. The molecule has 1 aromatic rings. The lowest BCUT2D eigenvalue weighted by Gasteiger charge is -2.29. The summed E-state index contributed by atoms with van der Waals surface area (Å²) in [5.74, 6) is 0.512. The van der Waals surface area contributed by atoms with Gasteiger partial charge in [-0.05, 0) is 28.5 Å². The molecule has 2 aliphatic carbocycles. The molecule has 0 saturated carbocycles. The SMILES string of the molecule is CC(C)(C1=CC=CC1)C1=CC(C(C)(C)C)c2ccccc21. The molecule has 3 rings (SSSR count). The van der Waals surface area contributed by atoms with E-state index in [2.05, 4.69) is 83.2 Å². The van der Waals surface area contributed by atoms with E-state index >= 15 is 0 Å². The van der Waals surface area contributed by atoms with E-state index in [1.165, 1.54) is 22.3 Å². The fourth-order valence-electron chi connectivity index (χ4n) is 3.70. The first kappa shape index (κ1) is 14.4. The summed E-state index contributed by atoms with van der Waals surface area (Å²) in [4.78, 5) is 0. The van der Waals surface area contributed by atoms with Gasteiger partial charge >= 0.3 is 0 Å². The van der Waals surface area contributed by atoms with Crippen molar-refractivity contribution < 1.29 is 0 Å². The first-order chi connectivity index (χ1) is 9.82. The van der Waals surface area contributed by atoms with Crippen molar-refractivity contribution in [1.29, 1.82) is 0 Å². The van der Waals surface area contributed by atoms with Gasteiger partial charge in [-0.1, -0.05) is 88.8 Å². The van der Waals surface area contributed by atoms with Crippen molar-refractivity contribution in [2.24, 2.45) is 10.8 Å². The van der Waals surface area contributed by atoms with Crippen molar-refractivity contribution in [2.75, 3.05) is 0 Å². The van der Waals surface area contributed by atoms with Crippen LogP contribution in [0.2, 0.25) is 0 Å². The summed E-state index contributed by atoms with van der Waals surface area (Å²) in [7, 11) is 0. The first-order valence-corrected chi connectivity index (χ1v) is 7.99. The van der Waals surface area contributed by atoms with Crippen molar-refractivity contribution in [2.45, 2.75) is 47.0 Å². The minimum Gasteiger partial charge on any atom is -0.0804 e. The molecule has 0 N–H and O–H groups in total. The van der Waals surface area contributed by atoms with E-state index < -0.39 is 0 Å². The van der Waals surface area contributed by atoms with Crippen molar-refractivity contribution in [3.63, 3.8) is 0 Å². The van der Waals surface area contributed by atoms with Gasteiger partial charge in [0.2, 0.25) is 0 Å². The molecule has 21 heavy (non-hydrogen) atoms. The number of rotatable bonds is 2. The van der Waals surface area contributed by atoms with Crippen LogP contribution in [0, 0.1) is 10.8 Å². The Hall–Kier alpha value is -1.56. The van der Waals surface area contributed by atoms with Gasteiger partial charge in [-0.25, -0.2) is 0 Å². The van der Waals surface area contributed by atoms with Crippen LogP contribution in [0.4, 0.5) is 0 Å². The van der Waals surface area contributed by atoms with Crippen molar-refractivity contribution >= 4 is 5.57 Å². The van der Waals surface area contributed by atoms with Crippen LogP contribution < -0.4 is 0 Å². The normalized spacial score (nSPS) is 21.3. The fraction of sp³-hybridized carbons (Fsp3) is 0.429. The summed E-state index contributed by atoms with van der Waals surface area (Å²) < 4.78 is 0. The zero-order valence-electron chi connectivity index (χ0n) is 13.9. The molecule has 0 radical (unpaired) electrons. The molecule has 2 aliphatic rings. The molecule has 0 spiro atoms. The van der Waals surface area contributed by atoms with Crippen LogP contribution in [0.25, 0.3) is 5.57 Å². The summed E-state index contributed by atoms with van der Waals surface area (Å²) in [6.07, 6.45) is 10.4. The number of hydrogen-bond donors (Lipinski definition) is 0. The second-order valence-corrected chi connectivity index (χ2v) is 7.96. The lowest BCUT2D eigenvalue weighted by molar-refractivity contribution is 0.369. The van der Waals surface area contributed by atoms with Gasteiger partial charge in [0.05, 0.1) is 0 Å². The molecule has 0 aromatic heterocycles. The maximum atomic E-state index is 2.53. The number of benzene rings is 1. The molecule has 0 aliphatic heterocycles. The van der Waals surface area contributed by atoms with Gasteiger partial charge in [-0.15, -0.1) is 0 Å². The average Bonchev–Trinajstić information content (AvgIpc) is 3.06. The van der Waals surface area contributed by atoms with Crippen LogP contribution in [0.1, 0.15) is 58.1 Å². The van der Waals surface area contributed by atoms with Gasteiger partial charge in [0.1, 0.15) is 0 Å². The Labute approximate surface area is 129 Å². The highest BCUT2D eigenvalue weighted by molar-refractivity contribution is 5.80. The van der Waals surface area contributed by atoms with Gasteiger partial charge < -0.3 is 0 Å². The zero-order chi connectivity index (χ0) is 15.3. The molecule has 110 valence electrons. The van der Waals surface area contributed by atoms with Crippen LogP contribution in [0.3, 0.4) is 0 Å². The third-order valence-electron chi connectivity index (χ3n) is 5.10. The van der Waals surface area contributed by atoms with E-state index in [1.807, 2.05) is 0 Å². The summed E-state index contributed by atoms with van der Waals surface area (Å²) >= 11 is 0. The predicted octanol–water partition coefficient (Wildman–Crippen LogP) is 6.13. The third kappa shape index (κ3) is 2.31. The monoisotopic (exact) mass is 278 g/mol. The smallest absolute Gasteiger partial charge is 0.0114 e. The Balaban J connectivity index is 2.10. The molecule has 0 amide bonds. The predicted molar refractivity (Wildman–Crippen MR) is 92.2 cm³/mol. The van der Waals surface area contributed by atoms with Crippen LogP contribution in [0.15, 0.2) is 54.1 Å². The maximum absolute atomic E-state index is 2.53. The Kier molecular flexibility index (Phi) is 3.24. The first-order valence-electron chi connectivity index (χ1n) is 7.99. The third-order valence-corrected chi connectivity index (χ3v) is 5.10. The second-order valence-electron chi connectivity index (χ2n) is 7.96. The topological polar surface area (TPSA) is 0 Å². The molecule has 0 saturated heterocycles. The van der Waals surface area contributed by atoms with Gasteiger partial charge in [0, 0.05) is 11.3 Å². The van der Waals surface area contributed by atoms with E-state index in [0.717, 1.165) is 6.42 Å². The van der Waals surface area contributed by atoms with Crippen LogP contribution in [-0.4, -0.2) is 0 Å². The van der Waals surface area contributed by atoms with Gasteiger partial charge in [0.15, 0.2) is 0 Å². The molecule has 0 nitrogen and oxygen atoms in total. The van der Waals surface area contributed by atoms with Crippen molar-refractivity contribution in [3.05, 3.63) is 65.3 Å². The molecular weight excluding hydrogens is 252 g/mol. The Morgan fingerprint density at radius 2 is 1.71 bits per heavy atom. The van der Waals surface area contributed by atoms with E-state index in [-0.39, 0.29) is 10.8 Å². The highest BCUT2D eigenvalue weighted by atomic mass is 14.4. The Morgan fingerprint density at radius 3 is 2.33 bits per heavy atom. The summed E-state index contributed by atoms with van der Waals surface area (Å²) in [5, 5.41) is 0. The van der Waals surface area contributed by atoms with E-state index in [9.17, 15) is 0 Å². The molecule has 0 heteroatoms. The minimum absolute atomic E-state index is 0.111.